The minimum atomic E-state index is -1.70. The average Bonchev–Trinajstić information content (AvgIpc) is 2.26. The number of aliphatic carboxylic acids is 1. The first-order valence-electron chi connectivity index (χ1n) is 4.97. The molecule has 0 fully saturated rings. The van der Waals surface area contributed by atoms with Gasteiger partial charge in [0.25, 0.3) is 0 Å². The standard InChI is InChI=1S/C11H12F2O5/c1-18-11-6(12)2-5(3-7(11)13)10(17)8(14)4-9(15)16/h2-3,8,10,14,17H,4H2,1H3,(H,15,16). The molecule has 0 saturated heterocycles. The lowest BCUT2D eigenvalue weighted by Gasteiger charge is -2.17. The molecule has 0 aliphatic rings. The lowest BCUT2D eigenvalue weighted by Crippen LogP contribution is -2.22. The van der Waals surface area contributed by atoms with E-state index in [1.54, 1.807) is 0 Å². The first-order chi connectivity index (χ1) is 8.36. The van der Waals surface area contributed by atoms with E-state index in [0.29, 0.717) is 0 Å². The summed E-state index contributed by atoms with van der Waals surface area (Å²) in [5.74, 6) is -4.04. The first-order valence-corrected chi connectivity index (χ1v) is 4.97. The van der Waals surface area contributed by atoms with Gasteiger partial charge in [-0.1, -0.05) is 0 Å². The lowest BCUT2D eigenvalue weighted by atomic mass is 10.0. The van der Waals surface area contributed by atoms with E-state index in [2.05, 4.69) is 4.74 Å². The predicted octanol–water partition coefficient (Wildman–Crippen LogP) is 0.842. The van der Waals surface area contributed by atoms with Crippen LogP contribution in [-0.4, -0.2) is 34.5 Å². The molecule has 0 amide bonds. The van der Waals surface area contributed by atoms with Crippen LogP contribution in [0.25, 0.3) is 0 Å². The molecule has 0 spiro atoms. The summed E-state index contributed by atoms with van der Waals surface area (Å²) in [4.78, 5) is 10.3. The summed E-state index contributed by atoms with van der Waals surface area (Å²) < 4.78 is 31.1. The largest absolute Gasteiger partial charge is 0.491 e. The van der Waals surface area contributed by atoms with E-state index in [9.17, 15) is 23.8 Å². The third-order valence-electron chi connectivity index (χ3n) is 2.31. The van der Waals surface area contributed by atoms with Crippen molar-refractivity contribution >= 4 is 5.97 Å². The second-order valence-electron chi connectivity index (χ2n) is 3.63. The molecule has 2 atom stereocenters. The fourth-order valence-corrected chi connectivity index (χ4v) is 1.46. The maximum atomic E-state index is 13.3. The van der Waals surface area contributed by atoms with Crippen LogP contribution in [0.3, 0.4) is 0 Å². The minimum Gasteiger partial charge on any atom is -0.491 e. The number of hydrogen-bond acceptors (Lipinski definition) is 4. The number of ether oxygens (including phenoxy) is 1. The van der Waals surface area contributed by atoms with Gasteiger partial charge in [-0.3, -0.25) is 4.79 Å². The van der Waals surface area contributed by atoms with Gasteiger partial charge in [-0.15, -0.1) is 0 Å². The average molecular weight is 262 g/mol. The first kappa shape index (κ1) is 14.3. The second-order valence-corrected chi connectivity index (χ2v) is 3.63. The summed E-state index contributed by atoms with van der Waals surface area (Å²) in [5, 5.41) is 27.3. The number of carboxylic acid groups (broad SMARTS) is 1. The number of rotatable bonds is 5. The Morgan fingerprint density at radius 3 is 2.22 bits per heavy atom. The number of methoxy groups -OCH3 is 1. The zero-order valence-electron chi connectivity index (χ0n) is 9.43. The number of aliphatic hydroxyl groups excluding tert-OH is 2. The van der Waals surface area contributed by atoms with Crippen molar-refractivity contribution in [3.8, 4) is 5.75 Å². The van der Waals surface area contributed by atoms with Crippen molar-refractivity contribution < 1.29 is 33.6 Å². The third-order valence-corrected chi connectivity index (χ3v) is 2.31. The van der Waals surface area contributed by atoms with Crippen LogP contribution in [0.5, 0.6) is 5.75 Å². The molecule has 7 heteroatoms. The highest BCUT2D eigenvalue weighted by atomic mass is 19.1. The van der Waals surface area contributed by atoms with Crippen LogP contribution < -0.4 is 4.74 Å². The van der Waals surface area contributed by atoms with Gasteiger partial charge in [-0.05, 0) is 17.7 Å². The summed E-state index contributed by atoms with van der Waals surface area (Å²) in [5.41, 5.74) is -0.264. The van der Waals surface area contributed by atoms with Gasteiger partial charge in [-0.2, -0.15) is 0 Å². The van der Waals surface area contributed by atoms with Gasteiger partial charge in [0.2, 0.25) is 0 Å². The molecule has 100 valence electrons. The molecule has 0 heterocycles. The quantitative estimate of drug-likeness (QED) is 0.732. The van der Waals surface area contributed by atoms with Crippen molar-refractivity contribution in [3.05, 3.63) is 29.3 Å². The Bertz CT molecular complexity index is 426. The smallest absolute Gasteiger partial charge is 0.306 e. The third kappa shape index (κ3) is 3.14. The van der Waals surface area contributed by atoms with Crippen LogP contribution in [0.1, 0.15) is 18.1 Å². The monoisotopic (exact) mass is 262 g/mol. The summed E-state index contributed by atoms with van der Waals surface area (Å²) >= 11 is 0. The van der Waals surface area contributed by atoms with Crippen LogP contribution in [0.2, 0.25) is 0 Å². The van der Waals surface area contributed by atoms with Crippen molar-refractivity contribution in [2.24, 2.45) is 0 Å². The van der Waals surface area contributed by atoms with Gasteiger partial charge in [0.15, 0.2) is 17.4 Å². The van der Waals surface area contributed by atoms with E-state index in [1.165, 1.54) is 0 Å². The number of carboxylic acids is 1. The van der Waals surface area contributed by atoms with Crippen LogP contribution in [-0.2, 0) is 4.79 Å². The molecule has 0 aromatic heterocycles. The Morgan fingerprint density at radius 2 is 1.83 bits per heavy atom. The number of carbonyl (C=O) groups is 1. The summed E-state index contributed by atoms with van der Waals surface area (Å²) in [6.45, 7) is 0. The van der Waals surface area contributed by atoms with Crippen molar-refractivity contribution in [2.45, 2.75) is 18.6 Å². The molecule has 0 saturated carbocycles. The zero-order valence-corrected chi connectivity index (χ0v) is 9.43. The molecule has 5 nitrogen and oxygen atoms in total. The number of halogens is 2. The lowest BCUT2D eigenvalue weighted by molar-refractivity contribution is -0.141. The molecule has 0 bridgehead atoms. The molecule has 0 aliphatic heterocycles. The Hall–Kier alpha value is -1.73. The Labute approximate surface area is 101 Å². The van der Waals surface area contributed by atoms with Crippen LogP contribution in [0.4, 0.5) is 8.78 Å². The van der Waals surface area contributed by atoms with Gasteiger partial charge in [0, 0.05) is 0 Å². The van der Waals surface area contributed by atoms with Gasteiger partial charge in [-0.25, -0.2) is 8.78 Å². The number of benzene rings is 1. The van der Waals surface area contributed by atoms with Gasteiger partial charge >= 0.3 is 5.97 Å². The van der Waals surface area contributed by atoms with Crippen LogP contribution in [0.15, 0.2) is 12.1 Å². The topological polar surface area (TPSA) is 87.0 Å². The molecular weight excluding hydrogens is 250 g/mol. The Morgan fingerprint density at radius 1 is 1.33 bits per heavy atom. The van der Waals surface area contributed by atoms with E-state index in [1.807, 2.05) is 0 Å². The minimum absolute atomic E-state index is 0.264. The second kappa shape index (κ2) is 5.74. The Kier molecular flexibility index (Phi) is 4.57. The summed E-state index contributed by atoms with van der Waals surface area (Å²) in [7, 11) is 1.08. The van der Waals surface area contributed by atoms with E-state index >= 15 is 0 Å². The maximum absolute atomic E-state index is 13.3. The SMILES string of the molecule is COc1c(F)cc(C(O)C(O)CC(=O)O)cc1F. The van der Waals surface area contributed by atoms with Crippen LogP contribution in [0, 0.1) is 11.6 Å². The summed E-state index contributed by atoms with van der Waals surface area (Å²) in [6.07, 6.45) is -4.10. The van der Waals surface area contributed by atoms with Crippen molar-refractivity contribution in [2.75, 3.05) is 7.11 Å². The number of hydrogen-bond donors (Lipinski definition) is 3. The normalized spacial score (nSPS) is 14.1. The fraction of sp³-hybridized carbons (Fsp3) is 0.364. The number of aliphatic hydroxyl groups is 2. The van der Waals surface area contributed by atoms with E-state index in [-0.39, 0.29) is 5.56 Å². The van der Waals surface area contributed by atoms with Crippen molar-refractivity contribution in [1.82, 2.24) is 0 Å². The molecule has 2 unspecified atom stereocenters. The highest BCUT2D eigenvalue weighted by molar-refractivity contribution is 5.67. The van der Waals surface area contributed by atoms with Gasteiger partial charge in [0.1, 0.15) is 6.10 Å². The molecule has 1 aromatic carbocycles. The molecule has 0 radical (unpaired) electrons. The molecule has 1 aromatic rings. The fourth-order valence-electron chi connectivity index (χ4n) is 1.46. The molecular formula is C11H12F2O5. The van der Waals surface area contributed by atoms with Gasteiger partial charge < -0.3 is 20.1 Å². The van der Waals surface area contributed by atoms with Gasteiger partial charge in [0.05, 0.1) is 19.6 Å². The van der Waals surface area contributed by atoms with E-state index in [4.69, 9.17) is 5.11 Å². The molecule has 1 rings (SSSR count). The van der Waals surface area contributed by atoms with E-state index in [0.717, 1.165) is 19.2 Å². The maximum Gasteiger partial charge on any atom is 0.306 e. The molecule has 18 heavy (non-hydrogen) atoms. The predicted molar refractivity (Wildman–Crippen MR) is 56.1 cm³/mol. The van der Waals surface area contributed by atoms with E-state index < -0.39 is 42.0 Å². The highest BCUT2D eigenvalue weighted by Gasteiger charge is 2.24. The molecule has 0 aliphatic carbocycles. The summed E-state index contributed by atoms with van der Waals surface area (Å²) in [6, 6.07) is 1.55. The molecule has 3 N–H and O–H groups in total. The van der Waals surface area contributed by atoms with Crippen molar-refractivity contribution in [1.29, 1.82) is 0 Å². The van der Waals surface area contributed by atoms with Crippen LogP contribution >= 0.6 is 0 Å². The van der Waals surface area contributed by atoms with Crippen molar-refractivity contribution in [3.63, 3.8) is 0 Å². The highest BCUT2D eigenvalue weighted by Crippen LogP contribution is 2.27. The Balaban J connectivity index is 3.00. The zero-order chi connectivity index (χ0) is 13.9.